The minimum Gasteiger partial charge on any atom is -0.457 e. The van der Waals surface area contributed by atoms with Crippen LogP contribution in [0, 0.1) is 0 Å². The van der Waals surface area contributed by atoms with Gasteiger partial charge in [-0.1, -0.05) is 0 Å². The maximum Gasteiger partial charge on any atom is 0.303 e. The maximum atomic E-state index is 11.0. The molecule has 0 saturated carbocycles. The molecule has 2 saturated heterocycles. The molecule has 10 heteroatoms. The molecule has 2 rings (SSSR count). The lowest BCUT2D eigenvalue weighted by Crippen LogP contribution is -2.62. The number of esters is 1. The van der Waals surface area contributed by atoms with Gasteiger partial charge < -0.3 is 44.5 Å². The molecule has 24 heavy (non-hydrogen) atoms. The normalized spacial score (nSPS) is 46.5. The van der Waals surface area contributed by atoms with Crippen LogP contribution in [0.25, 0.3) is 0 Å². The number of carbonyl (C=O) groups excluding carboxylic acids is 1. The van der Waals surface area contributed by atoms with Gasteiger partial charge in [-0.05, 0) is 6.92 Å². The second-order valence-corrected chi connectivity index (χ2v) is 5.97. The lowest BCUT2D eigenvalue weighted by Gasteiger charge is -2.43. The summed E-state index contributed by atoms with van der Waals surface area (Å²) in [5.74, 6) is -0.629. The summed E-state index contributed by atoms with van der Waals surface area (Å²) in [5.41, 5.74) is 0. The molecule has 0 radical (unpaired) electrons. The number of aliphatic hydroxyl groups is 5. The first kappa shape index (κ1) is 19.5. The maximum absolute atomic E-state index is 11.0. The number of hydrogen-bond donors (Lipinski definition) is 5. The zero-order chi connectivity index (χ0) is 18.0. The van der Waals surface area contributed by atoms with Crippen molar-refractivity contribution in [2.45, 2.75) is 69.0 Å². The van der Waals surface area contributed by atoms with E-state index in [-0.39, 0.29) is 6.61 Å². The van der Waals surface area contributed by atoms with Crippen LogP contribution in [0.1, 0.15) is 13.8 Å². The Bertz CT molecular complexity index is 432. The molecule has 140 valence electrons. The second-order valence-electron chi connectivity index (χ2n) is 5.97. The lowest BCUT2D eigenvalue weighted by atomic mass is 9.98. The Kier molecular flexibility index (Phi) is 6.51. The minimum atomic E-state index is -1.54. The smallest absolute Gasteiger partial charge is 0.303 e. The van der Waals surface area contributed by atoms with Crippen LogP contribution in [-0.4, -0.2) is 99.8 Å². The Morgan fingerprint density at radius 3 is 2.38 bits per heavy atom. The van der Waals surface area contributed by atoms with Crippen LogP contribution in [0.3, 0.4) is 0 Å². The molecule has 0 unspecified atom stereocenters. The molecule has 0 spiro atoms. The monoisotopic (exact) mass is 352 g/mol. The molecule has 2 fully saturated rings. The van der Waals surface area contributed by atoms with Gasteiger partial charge in [0.1, 0.15) is 36.6 Å². The standard InChI is InChI=1S/C14H24O10/c1-5-13(23-6(2)16)11(19)12(20)14(22-5)24-8-4-21-7(3-15)9(17)10(8)18/h5,7-15,17-20H,3-4H2,1-2H3/t5-,7-,8+,9-,10-,11-,12+,13-,14+/m1/s1. The Balaban J connectivity index is 1.99. The van der Waals surface area contributed by atoms with E-state index in [4.69, 9.17) is 24.1 Å². The van der Waals surface area contributed by atoms with Crippen LogP contribution in [0.4, 0.5) is 0 Å². The van der Waals surface area contributed by atoms with Gasteiger partial charge in [0, 0.05) is 6.92 Å². The molecule has 0 aromatic heterocycles. The van der Waals surface area contributed by atoms with Crippen LogP contribution in [0.2, 0.25) is 0 Å². The molecule has 2 aliphatic heterocycles. The van der Waals surface area contributed by atoms with Crippen LogP contribution in [-0.2, 0) is 23.7 Å². The van der Waals surface area contributed by atoms with Gasteiger partial charge in [-0.15, -0.1) is 0 Å². The van der Waals surface area contributed by atoms with E-state index < -0.39 is 67.7 Å². The van der Waals surface area contributed by atoms with Gasteiger partial charge in [0.25, 0.3) is 0 Å². The van der Waals surface area contributed by atoms with E-state index in [9.17, 15) is 25.2 Å². The zero-order valence-corrected chi connectivity index (χ0v) is 13.4. The summed E-state index contributed by atoms with van der Waals surface area (Å²) < 4.78 is 20.9. The van der Waals surface area contributed by atoms with Crippen molar-refractivity contribution in [3.63, 3.8) is 0 Å². The van der Waals surface area contributed by atoms with E-state index in [0.717, 1.165) is 0 Å². The third kappa shape index (κ3) is 4.03. The first-order valence-corrected chi connectivity index (χ1v) is 7.69. The molecule has 2 heterocycles. The predicted molar refractivity (Wildman–Crippen MR) is 75.6 cm³/mol. The van der Waals surface area contributed by atoms with E-state index >= 15 is 0 Å². The van der Waals surface area contributed by atoms with Crippen LogP contribution in [0.15, 0.2) is 0 Å². The lowest BCUT2D eigenvalue weighted by molar-refractivity contribution is -0.327. The molecule has 10 nitrogen and oxygen atoms in total. The summed E-state index contributed by atoms with van der Waals surface area (Å²) in [7, 11) is 0. The van der Waals surface area contributed by atoms with E-state index in [1.165, 1.54) is 13.8 Å². The number of rotatable bonds is 4. The fourth-order valence-corrected chi connectivity index (χ4v) is 2.78. The summed E-state index contributed by atoms with van der Waals surface area (Å²) in [4.78, 5) is 11.0. The van der Waals surface area contributed by atoms with Crippen LogP contribution in [0.5, 0.6) is 0 Å². The third-order valence-electron chi connectivity index (χ3n) is 4.15. The molecule has 0 amide bonds. The average molecular weight is 352 g/mol. The van der Waals surface area contributed by atoms with E-state index in [1.807, 2.05) is 0 Å². The molecule has 9 atom stereocenters. The SMILES string of the molecule is CC(=O)O[C@H]1[C@H](O)[C@H](O)[C@H](O[C@H]2CO[C@H](CO)[C@@H](O)[C@@H]2O)O[C@@H]1C. The Morgan fingerprint density at radius 1 is 1.12 bits per heavy atom. The quantitative estimate of drug-likeness (QED) is 0.328. The van der Waals surface area contributed by atoms with Crippen molar-refractivity contribution in [1.82, 2.24) is 0 Å². The Morgan fingerprint density at radius 2 is 1.79 bits per heavy atom. The highest BCUT2D eigenvalue weighted by molar-refractivity contribution is 5.66. The summed E-state index contributed by atoms with van der Waals surface area (Å²) in [6.45, 7) is 2.09. The van der Waals surface area contributed by atoms with Crippen molar-refractivity contribution in [2.75, 3.05) is 13.2 Å². The number of aliphatic hydroxyl groups excluding tert-OH is 5. The molecular formula is C14H24O10. The minimum absolute atomic E-state index is 0.145. The fraction of sp³-hybridized carbons (Fsp3) is 0.929. The molecule has 0 aromatic carbocycles. The highest BCUT2D eigenvalue weighted by atomic mass is 16.7. The van der Waals surface area contributed by atoms with Gasteiger partial charge in [-0.3, -0.25) is 4.79 Å². The van der Waals surface area contributed by atoms with Crippen molar-refractivity contribution in [2.24, 2.45) is 0 Å². The van der Waals surface area contributed by atoms with Crippen molar-refractivity contribution in [3.8, 4) is 0 Å². The van der Waals surface area contributed by atoms with Crippen LogP contribution >= 0.6 is 0 Å². The number of hydrogen-bond acceptors (Lipinski definition) is 10. The third-order valence-corrected chi connectivity index (χ3v) is 4.15. The predicted octanol–water partition coefficient (Wildman–Crippen LogP) is -3.12. The van der Waals surface area contributed by atoms with Gasteiger partial charge in [0.15, 0.2) is 12.4 Å². The summed E-state index contributed by atoms with van der Waals surface area (Å²) in [6, 6.07) is 0. The molecule has 0 bridgehead atoms. The Labute approximate surface area is 138 Å². The molecule has 0 aliphatic carbocycles. The van der Waals surface area contributed by atoms with E-state index in [0.29, 0.717) is 0 Å². The Hall–Kier alpha value is -0.850. The fourth-order valence-electron chi connectivity index (χ4n) is 2.78. The van der Waals surface area contributed by atoms with E-state index in [2.05, 4.69) is 0 Å². The van der Waals surface area contributed by atoms with Gasteiger partial charge >= 0.3 is 5.97 Å². The number of ether oxygens (including phenoxy) is 4. The van der Waals surface area contributed by atoms with Crippen molar-refractivity contribution in [3.05, 3.63) is 0 Å². The summed E-state index contributed by atoms with van der Waals surface area (Å²) in [5, 5.41) is 49.1. The van der Waals surface area contributed by atoms with Crippen molar-refractivity contribution >= 4 is 5.97 Å². The highest BCUT2D eigenvalue weighted by Crippen LogP contribution is 2.27. The van der Waals surface area contributed by atoms with E-state index in [1.54, 1.807) is 0 Å². The van der Waals surface area contributed by atoms with Gasteiger partial charge in [-0.2, -0.15) is 0 Å². The largest absolute Gasteiger partial charge is 0.457 e. The molecule has 0 aromatic rings. The summed E-state index contributed by atoms with van der Waals surface area (Å²) in [6.07, 6.45) is -10.8. The number of carbonyl (C=O) groups is 1. The molecular weight excluding hydrogens is 328 g/mol. The van der Waals surface area contributed by atoms with Gasteiger partial charge in [0.2, 0.25) is 0 Å². The van der Waals surface area contributed by atoms with Gasteiger partial charge in [0.05, 0.1) is 19.3 Å². The van der Waals surface area contributed by atoms with Gasteiger partial charge in [-0.25, -0.2) is 0 Å². The molecule has 2 aliphatic rings. The van der Waals surface area contributed by atoms with Crippen molar-refractivity contribution < 1.29 is 49.3 Å². The first-order chi connectivity index (χ1) is 11.3. The summed E-state index contributed by atoms with van der Waals surface area (Å²) >= 11 is 0. The topological polar surface area (TPSA) is 155 Å². The van der Waals surface area contributed by atoms with Crippen LogP contribution < -0.4 is 0 Å². The second kappa shape index (κ2) is 8.02. The van der Waals surface area contributed by atoms with Crippen molar-refractivity contribution in [1.29, 1.82) is 0 Å². The first-order valence-electron chi connectivity index (χ1n) is 7.69. The average Bonchev–Trinajstić information content (AvgIpc) is 2.53. The zero-order valence-electron chi connectivity index (χ0n) is 13.4. The molecule has 5 N–H and O–H groups in total. The highest BCUT2D eigenvalue weighted by Gasteiger charge is 2.48.